The van der Waals surface area contributed by atoms with E-state index in [2.05, 4.69) is 15.9 Å². The molecule has 0 bridgehead atoms. The molecule has 0 spiro atoms. The van der Waals surface area contributed by atoms with Crippen molar-refractivity contribution in [1.82, 2.24) is 4.31 Å². The van der Waals surface area contributed by atoms with Crippen molar-refractivity contribution in [1.29, 1.82) is 0 Å². The third kappa shape index (κ3) is 3.16. The summed E-state index contributed by atoms with van der Waals surface area (Å²) in [5, 5.41) is 0. The number of halogens is 1. The molecule has 7 heteroatoms. The highest BCUT2D eigenvalue weighted by molar-refractivity contribution is 9.10. The number of nitrogens with two attached hydrogens (primary N) is 1. The maximum absolute atomic E-state index is 12.7. The molecule has 2 rings (SSSR count). The molecule has 106 valence electrons. The fourth-order valence-corrected chi connectivity index (χ4v) is 5.90. The molecule has 1 unspecified atom stereocenters. The Bertz CT molecular complexity index is 563. The lowest BCUT2D eigenvalue weighted by Crippen LogP contribution is -2.44. The number of thioether (sulfide) groups is 1. The van der Waals surface area contributed by atoms with E-state index in [9.17, 15) is 8.42 Å². The highest BCUT2D eigenvalue weighted by Gasteiger charge is 2.32. The van der Waals surface area contributed by atoms with E-state index in [4.69, 9.17) is 5.73 Å². The van der Waals surface area contributed by atoms with Gasteiger partial charge in [-0.2, -0.15) is 16.1 Å². The molecular formula is C12H17BrN2O2S2. The fraction of sp³-hybridized carbons (Fsp3) is 0.500. The molecule has 1 aliphatic rings. The van der Waals surface area contributed by atoms with Crippen molar-refractivity contribution >= 4 is 37.7 Å². The first-order valence-corrected chi connectivity index (χ1v) is 9.43. The first-order chi connectivity index (χ1) is 8.96. The molecule has 1 atom stereocenters. The number of sulfonamides is 1. The van der Waals surface area contributed by atoms with Gasteiger partial charge < -0.3 is 5.73 Å². The van der Waals surface area contributed by atoms with Gasteiger partial charge in [0, 0.05) is 35.1 Å². The SMILES string of the molecule is CC1CSCCN1S(=O)(=O)c1cc(CN)ccc1Br. The Morgan fingerprint density at radius 1 is 1.53 bits per heavy atom. The third-order valence-corrected chi connectivity index (χ3v) is 7.32. The van der Waals surface area contributed by atoms with Gasteiger partial charge in [-0.15, -0.1) is 0 Å². The van der Waals surface area contributed by atoms with Gasteiger partial charge in [0.15, 0.2) is 0 Å². The van der Waals surface area contributed by atoms with E-state index in [1.54, 1.807) is 28.2 Å². The van der Waals surface area contributed by atoms with Crippen LogP contribution in [-0.2, 0) is 16.6 Å². The Kier molecular flexibility index (Phi) is 4.94. The summed E-state index contributed by atoms with van der Waals surface area (Å²) in [5.74, 6) is 1.69. The average molecular weight is 365 g/mol. The molecule has 4 nitrogen and oxygen atoms in total. The van der Waals surface area contributed by atoms with Crippen molar-refractivity contribution in [2.24, 2.45) is 5.73 Å². The van der Waals surface area contributed by atoms with E-state index < -0.39 is 10.0 Å². The molecule has 1 heterocycles. The Labute approximate surface area is 126 Å². The summed E-state index contributed by atoms with van der Waals surface area (Å²) in [6, 6.07) is 5.27. The summed E-state index contributed by atoms with van der Waals surface area (Å²) < 4.78 is 27.6. The predicted molar refractivity (Wildman–Crippen MR) is 82.7 cm³/mol. The Morgan fingerprint density at radius 3 is 2.89 bits per heavy atom. The lowest BCUT2D eigenvalue weighted by atomic mass is 10.2. The molecule has 0 aromatic heterocycles. The van der Waals surface area contributed by atoms with E-state index in [0.717, 1.165) is 17.1 Å². The van der Waals surface area contributed by atoms with Crippen LogP contribution in [0, 0.1) is 0 Å². The lowest BCUT2D eigenvalue weighted by Gasteiger charge is -2.32. The molecule has 1 saturated heterocycles. The number of rotatable bonds is 3. The lowest BCUT2D eigenvalue weighted by molar-refractivity contribution is 0.367. The van der Waals surface area contributed by atoms with Crippen molar-refractivity contribution in [3.05, 3.63) is 28.2 Å². The van der Waals surface area contributed by atoms with E-state index in [1.807, 2.05) is 13.0 Å². The van der Waals surface area contributed by atoms with Crippen molar-refractivity contribution < 1.29 is 8.42 Å². The molecule has 19 heavy (non-hydrogen) atoms. The normalized spacial score (nSPS) is 21.5. The van der Waals surface area contributed by atoms with Gasteiger partial charge in [0.2, 0.25) is 10.0 Å². The van der Waals surface area contributed by atoms with Gasteiger partial charge >= 0.3 is 0 Å². The van der Waals surface area contributed by atoms with E-state index >= 15 is 0 Å². The zero-order chi connectivity index (χ0) is 14.0. The summed E-state index contributed by atoms with van der Waals surface area (Å²) in [4.78, 5) is 0.314. The quantitative estimate of drug-likeness (QED) is 0.890. The molecule has 2 N–H and O–H groups in total. The molecule has 1 aromatic rings. The minimum Gasteiger partial charge on any atom is -0.326 e. The number of hydrogen-bond acceptors (Lipinski definition) is 4. The topological polar surface area (TPSA) is 63.4 Å². The average Bonchev–Trinajstić information content (AvgIpc) is 2.39. The van der Waals surface area contributed by atoms with Crippen LogP contribution in [0.2, 0.25) is 0 Å². The highest BCUT2D eigenvalue weighted by Crippen LogP contribution is 2.29. The summed E-state index contributed by atoms with van der Waals surface area (Å²) in [5.41, 5.74) is 6.41. The zero-order valence-corrected chi connectivity index (χ0v) is 13.9. The van der Waals surface area contributed by atoms with Crippen molar-refractivity contribution in [2.45, 2.75) is 24.4 Å². The predicted octanol–water partition coefficient (Wildman–Crippen LogP) is 2.03. The molecule has 0 amide bonds. The van der Waals surface area contributed by atoms with Crippen LogP contribution in [0.4, 0.5) is 0 Å². The second kappa shape index (κ2) is 6.13. The molecule has 0 aliphatic carbocycles. The fourth-order valence-electron chi connectivity index (χ4n) is 2.07. The van der Waals surface area contributed by atoms with Crippen LogP contribution in [0.25, 0.3) is 0 Å². The first kappa shape index (κ1) is 15.3. The summed E-state index contributed by atoms with van der Waals surface area (Å²) in [7, 11) is -3.46. The van der Waals surface area contributed by atoms with Gasteiger partial charge in [-0.05, 0) is 40.5 Å². The van der Waals surface area contributed by atoms with Gasteiger partial charge in [-0.25, -0.2) is 8.42 Å². The van der Waals surface area contributed by atoms with Crippen LogP contribution >= 0.6 is 27.7 Å². The zero-order valence-electron chi connectivity index (χ0n) is 10.7. The van der Waals surface area contributed by atoms with Gasteiger partial charge in [-0.1, -0.05) is 6.07 Å². The summed E-state index contributed by atoms with van der Waals surface area (Å²) in [6.45, 7) is 2.85. The second-order valence-corrected chi connectivity index (χ2v) is 8.37. The first-order valence-electron chi connectivity index (χ1n) is 6.05. The van der Waals surface area contributed by atoms with Crippen LogP contribution in [0.1, 0.15) is 12.5 Å². The van der Waals surface area contributed by atoms with Crippen molar-refractivity contribution in [3.8, 4) is 0 Å². The minimum absolute atomic E-state index is 0.0252. The molecular weight excluding hydrogens is 348 g/mol. The maximum Gasteiger partial charge on any atom is 0.244 e. The standard InChI is InChI=1S/C12H17BrN2O2S2/c1-9-8-18-5-4-15(9)19(16,17)12-6-10(7-14)2-3-11(12)13/h2-3,6,9H,4-5,7-8,14H2,1H3. The second-order valence-electron chi connectivity index (χ2n) is 4.51. The van der Waals surface area contributed by atoms with Crippen LogP contribution in [0.3, 0.4) is 0 Å². The molecule has 0 radical (unpaired) electrons. The third-order valence-electron chi connectivity index (χ3n) is 3.12. The monoisotopic (exact) mass is 364 g/mol. The van der Waals surface area contributed by atoms with Crippen molar-refractivity contribution in [2.75, 3.05) is 18.1 Å². The van der Waals surface area contributed by atoms with Crippen LogP contribution < -0.4 is 5.73 Å². The Hall–Kier alpha value is -0.0800. The van der Waals surface area contributed by atoms with E-state index in [-0.39, 0.29) is 6.04 Å². The Morgan fingerprint density at radius 2 is 2.26 bits per heavy atom. The van der Waals surface area contributed by atoms with Gasteiger partial charge in [0.05, 0.1) is 4.90 Å². The molecule has 1 aromatic carbocycles. The van der Waals surface area contributed by atoms with Gasteiger partial charge in [0.25, 0.3) is 0 Å². The number of hydrogen-bond donors (Lipinski definition) is 1. The minimum atomic E-state index is -3.46. The smallest absolute Gasteiger partial charge is 0.244 e. The van der Waals surface area contributed by atoms with Crippen molar-refractivity contribution in [3.63, 3.8) is 0 Å². The Balaban J connectivity index is 2.43. The summed E-state index contributed by atoms with van der Waals surface area (Å²) >= 11 is 5.12. The maximum atomic E-state index is 12.7. The van der Waals surface area contributed by atoms with E-state index in [0.29, 0.717) is 22.5 Å². The largest absolute Gasteiger partial charge is 0.326 e. The molecule has 1 fully saturated rings. The molecule has 1 aliphatic heterocycles. The van der Waals surface area contributed by atoms with Gasteiger partial charge in [0.1, 0.15) is 0 Å². The van der Waals surface area contributed by atoms with Crippen LogP contribution in [-0.4, -0.2) is 36.8 Å². The van der Waals surface area contributed by atoms with Gasteiger partial charge in [-0.3, -0.25) is 0 Å². The van der Waals surface area contributed by atoms with E-state index in [1.165, 1.54) is 0 Å². The highest BCUT2D eigenvalue weighted by atomic mass is 79.9. The molecule has 0 saturated carbocycles. The number of benzene rings is 1. The van der Waals surface area contributed by atoms with Crippen LogP contribution in [0.15, 0.2) is 27.6 Å². The van der Waals surface area contributed by atoms with Crippen LogP contribution in [0.5, 0.6) is 0 Å². The summed E-state index contributed by atoms with van der Waals surface area (Å²) in [6.07, 6.45) is 0. The number of nitrogens with zero attached hydrogens (tertiary/aromatic N) is 1.